The molecule has 0 aromatic heterocycles. The van der Waals surface area contributed by atoms with Crippen molar-refractivity contribution in [3.8, 4) is 0 Å². The molecule has 0 spiro atoms. The van der Waals surface area contributed by atoms with Gasteiger partial charge < -0.3 is 9.84 Å². The number of rotatable bonds is 4. The number of aliphatic hydroxyl groups is 1. The van der Waals surface area contributed by atoms with E-state index in [0.717, 1.165) is 25.7 Å². The van der Waals surface area contributed by atoms with Crippen LogP contribution >= 0.6 is 0 Å². The predicted molar refractivity (Wildman–Crippen MR) is 58.3 cm³/mol. The van der Waals surface area contributed by atoms with Gasteiger partial charge in [0.25, 0.3) is 0 Å². The number of hydrogen-bond donors (Lipinski definition) is 1. The summed E-state index contributed by atoms with van der Waals surface area (Å²) in [6.07, 6.45) is 4.78. The van der Waals surface area contributed by atoms with Crippen LogP contribution in [0.15, 0.2) is 12.7 Å². The SMILES string of the molecule is C=CC(=O)OC1CCC(CC(C)(C)O)C1. The third-order valence-corrected chi connectivity index (χ3v) is 2.73. The zero-order chi connectivity index (χ0) is 11.5. The summed E-state index contributed by atoms with van der Waals surface area (Å²) in [6, 6.07) is 0. The Balaban J connectivity index is 2.33. The van der Waals surface area contributed by atoms with Crippen molar-refractivity contribution in [2.24, 2.45) is 5.92 Å². The lowest BCUT2D eigenvalue weighted by Crippen LogP contribution is -2.22. The van der Waals surface area contributed by atoms with Gasteiger partial charge in [-0.25, -0.2) is 4.79 Å². The lowest BCUT2D eigenvalue weighted by Gasteiger charge is -2.21. The highest BCUT2D eigenvalue weighted by atomic mass is 16.5. The Morgan fingerprint density at radius 2 is 2.27 bits per heavy atom. The van der Waals surface area contributed by atoms with Gasteiger partial charge in [0.15, 0.2) is 0 Å². The first-order valence-electron chi connectivity index (χ1n) is 5.46. The molecule has 2 atom stereocenters. The monoisotopic (exact) mass is 212 g/mol. The molecule has 0 aromatic rings. The first kappa shape index (κ1) is 12.2. The molecule has 1 saturated carbocycles. The number of esters is 1. The van der Waals surface area contributed by atoms with Crippen molar-refractivity contribution in [3.05, 3.63) is 12.7 Å². The van der Waals surface area contributed by atoms with Gasteiger partial charge in [-0.1, -0.05) is 6.58 Å². The molecule has 0 saturated heterocycles. The second-order valence-electron chi connectivity index (χ2n) is 4.96. The Labute approximate surface area is 91.1 Å². The predicted octanol–water partition coefficient (Wildman–Crippen LogP) is 2.05. The van der Waals surface area contributed by atoms with E-state index in [0.29, 0.717) is 5.92 Å². The van der Waals surface area contributed by atoms with E-state index < -0.39 is 5.60 Å². The average molecular weight is 212 g/mol. The highest BCUT2D eigenvalue weighted by Crippen LogP contribution is 2.33. The first-order valence-corrected chi connectivity index (χ1v) is 5.46. The maximum Gasteiger partial charge on any atom is 0.330 e. The van der Waals surface area contributed by atoms with Gasteiger partial charge in [0.1, 0.15) is 6.10 Å². The van der Waals surface area contributed by atoms with Crippen molar-refractivity contribution in [2.45, 2.75) is 51.2 Å². The second-order valence-corrected chi connectivity index (χ2v) is 4.96. The van der Waals surface area contributed by atoms with E-state index in [2.05, 4.69) is 6.58 Å². The molecule has 0 heterocycles. The quantitative estimate of drug-likeness (QED) is 0.573. The lowest BCUT2D eigenvalue weighted by molar-refractivity contribution is -0.142. The summed E-state index contributed by atoms with van der Waals surface area (Å²) in [5.74, 6) is 0.122. The van der Waals surface area contributed by atoms with Crippen LogP contribution in [0, 0.1) is 5.92 Å². The summed E-state index contributed by atoms with van der Waals surface area (Å²) < 4.78 is 5.17. The summed E-state index contributed by atoms with van der Waals surface area (Å²) in [5.41, 5.74) is -0.623. The zero-order valence-electron chi connectivity index (χ0n) is 9.53. The maximum absolute atomic E-state index is 11.0. The molecule has 1 N–H and O–H groups in total. The molecule has 0 amide bonds. The van der Waals surface area contributed by atoms with E-state index in [-0.39, 0.29) is 12.1 Å². The molecule has 2 unspecified atom stereocenters. The smallest absolute Gasteiger partial charge is 0.330 e. The fraction of sp³-hybridized carbons (Fsp3) is 0.750. The normalized spacial score (nSPS) is 26.3. The van der Waals surface area contributed by atoms with E-state index in [1.165, 1.54) is 6.08 Å². The molecule has 3 heteroatoms. The van der Waals surface area contributed by atoms with Crippen LogP contribution in [0.4, 0.5) is 0 Å². The highest BCUT2D eigenvalue weighted by Gasteiger charge is 2.30. The van der Waals surface area contributed by atoms with Gasteiger partial charge in [0.05, 0.1) is 5.60 Å². The largest absolute Gasteiger partial charge is 0.459 e. The van der Waals surface area contributed by atoms with E-state index in [1.807, 2.05) is 13.8 Å². The minimum absolute atomic E-state index is 0.0165. The Morgan fingerprint density at radius 3 is 2.80 bits per heavy atom. The van der Waals surface area contributed by atoms with Crippen molar-refractivity contribution < 1.29 is 14.6 Å². The molecular formula is C12H20O3. The van der Waals surface area contributed by atoms with Gasteiger partial charge in [-0.15, -0.1) is 0 Å². The van der Waals surface area contributed by atoms with Crippen molar-refractivity contribution in [2.75, 3.05) is 0 Å². The van der Waals surface area contributed by atoms with Crippen molar-refractivity contribution in [1.82, 2.24) is 0 Å². The Hall–Kier alpha value is -0.830. The van der Waals surface area contributed by atoms with Crippen molar-refractivity contribution >= 4 is 5.97 Å². The van der Waals surface area contributed by atoms with Gasteiger partial charge >= 0.3 is 5.97 Å². The van der Waals surface area contributed by atoms with Gasteiger partial charge in [-0.3, -0.25) is 0 Å². The lowest BCUT2D eigenvalue weighted by atomic mass is 9.92. The van der Waals surface area contributed by atoms with Crippen LogP contribution < -0.4 is 0 Å². The zero-order valence-corrected chi connectivity index (χ0v) is 9.53. The number of carbonyl (C=O) groups is 1. The van der Waals surface area contributed by atoms with Crippen LogP contribution in [0.25, 0.3) is 0 Å². The third kappa shape index (κ3) is 4.47. The minimum Gasteiger partial charge on any atom is -0.459 e. The molecule has 0 radical (unpaired) electrons. The summed E-state index contributed by atoms with van der Waals surface area (Å²) in [7, 11) is 0. The van der Waals surface area contributed by atoms with Crippen LogP contribution in [0.2, 0.25) is 0 Å². The van der Waals surface area contributed by atoms with Crippen molar-refractivity contribution in [3.63, 3.8) is 0 Å². The maximum atomic E-state index is 11.0. The van der Waals surface area contributed by atoms with Gasteiger partial charge in [-0.05, 0) is 45.4 Å². The molecule has 1 rings (SSSR count). The van der Waals surface area contributed by atoms with E-state index in [9.17, 15) is 9.90 Å². The molecule has 0 aliphatic heterocycles. The van der Waals surface area contributed by atoms with Crippen LogP contribution in [0.5, 0.6) is 0 Å². The molecule has 1 aliphatic carbocycles. The summed E-state index contributed by atoms with van der Waals surface area (Å²) in [6.45, 7) is 7.00. The van der Waals surface area contributed by atoms with Crippen LogP contribution in [-0.2, 0) is 9.53 Å². The Bertz CT molecular complexity index is 240. The number of carbonyl (C=O) groups excluding carboxylic acids is 1. The Kier molecular flexibility index (Phi) is 3.91. The fourth-order valence-electron chi connectivity index (χ4n) is 2.24. The Morgan fingerprint density at radius 1 is 1.60 bits per heavy atom. The molecule has 1 aliphatic rings. The van der Waals surface area contributed by atoms with E-state index >= 15 is 0 Å². The molecule has 1 fully saturated rings. The van der Waals surface area contributed by atoms with E-state index in [4.69, 9.17) is 4.74 Å². The first-order chi connectivity index (χ1) is 6.90. The summed E-state index contributed by atoms with van der Waals surface area (Å²) in [4.78, 5) is 11.0. The van der Waals surface area contributed by atoms with Crippen LogP contribution in [0.3, 0.4) is 0 Å². The van der Waals surface area contributed by atoms with Crippen molar-refractivity contribution in [1.29, 1.82) is 0 Å². The number of ether oxygens (including phenoxy) is 1. The fourth-order valence-corrected chi connectivity index (χ4v) is 2.24. The summed E-state index contributed by atoms with van der Waals surface area (Å²) in [5, 5.41) is 9.67. The molecule has 3 nitrogen and oxygen atoms in total. The molecule has 0 bridgehead atoms. The molecule has 15 heavy (non-hydrogen) atoms. The van der Waals surface area contributed by atoms with Gasteiger partial charge in [0, 0.05) is 6.08 Å². The van der Waals surface area contributed by atoms with E-state index in [1.54, 1.807) is 0 Å². The van der Waals surface area contributed by atoms with Gasteiger partial charge in [0.2, 0.25) is 0 Å². The molecule has 0 aromatic carbocycles. The molecule has 86 valence electrons. The van der Waals surface area contributed by atoms with Gasteiger partial charge in [-0.2, -0.15) is 0 Å². The minimum atomic E-state index is -0.623. The van der Waals surface area contributed by atoms with Crippen LogP contribution in [0.1, 0.15) is 39.5 Å². The second kappa shape index (κ2) is 4.79. The average Bonchev–Trinajstić information content (AvgIpc) is 2.49. The topological polar surface area (TPSA) is 46.5 Å². The number of hydrogen-bond acceptors (Lipinski definition) is 3. The third-order valence-electron chi connectivity index (χ3n) is 2.73. The van der Waals surface area contributed by atoms with Crippen LogP contribution in [-0.4, -0.2) is 22.8 Å². The highest BCUT2D eigenvalue weighted by molar-refractivity contribution is 5.81. The molecular weight excluding hydrogens is 192 g/mol. The standard InChI is InChI=1S/C12H20O3/c1-4-11(13)15-10-6-5-9(7-10)8-12(2,3)14/h4,9-10,14H,1,5-8H2,2-3H3. The summed E-state index contributed by atoms with van der Waals surface area (Å²) >= 11 is 0.